The summed E-state index contributed by atoms with van der Waals surface area (Å²) in [6.45, 7) is 8.90. The minimum atomic E-state index is 0.253. The lowest BCUT2D eigenvalue weighted by molar-refractivity contribution is -0.00806. The van der Waals surface area contributed by atoms with Crippen molar-refractivity contribution >= 4 is 0 Å². The van der Waals surface area contributed by atoms with Crippen LogP contribution in [0.3, 0.4) is 0 Å². The molecule has 0 aliphatic heterocycles. The van der Waals surface area contributed by atoms with Gasteiger partial charge in [-0.2, -0.15) is 0 Å². The summed E-state index contributed by atoms with van der Waals surface area (Å²) in [5.74, 6) is 0. The normalized spacial score (nSPS) is 13.2. The lowest BCUT2D eigenvalue weighted by Crippen LogP contribution is -2.17. The molecule has 2 nitrogen and oxygen atoms in total. The second-order valence-corrected chi connectivity index (χ2v) is 3.46. The molecule has 0 aromatic heterocycles. The van der Waals surface area contributed by atoms with Crippen LogP contribution in [0, 0.1) is 0 Å². The lowest BCUT2D eigenvalue weighted by Gasteiger charge is -2.12. The van der Waals surface area contributed by atoms with Crippen molar-refractivity contribution in [2.75, 3.05) is 19.8 Å². The molecule has 0 aromatic rings. The van der Waals surface area contributed by atoms with Crippen molar-refractivity contribution in [2.24, 2.45) is 0 Å². The van der Waals surface area contributed by atoms with Crippen LogP contribution in [0.2, 0.25) is 0 Å². The highest BCUT2D eigenvalue weighted by molar-refractivity contribution is 4.47. The van der Waals surface area contributed by atoms with E-state index in [1.54, 1.807) is 0 Å². The second-order valence-electron chi connectivity index (χ2n) is 3.46. The average Bonchev–Trinajstić information content (AvgIpc) is 2.13. The first-order chi connectivity index (χ1) is 6.31. The summed E-state index contributed by atoms with van der Waals surface area (Å²) in [7, 11) is 0. The van der Waals surface area contributed by atoms with E-state index >= 15 is 0 Å². The standard InChI is InChI=1S/C11H24O2/c1-4-6-8-12-10-11(3)13-9-7-5-2/h11H,4-10H2,1-3H3. The number of unbranched alkanes of at least 4 members (excludes halogenated alkanes) is 2. The van der Waals surface area contributed by atoms with Crippen LogP contribution in [-0.2, 0) is 9.47 Å². The Kier molecular flexibility index (Phi) is 9.94. The Hall–Kier alpha value is -0.0800. The molecule has 1 atom stereocenters. The van der Waals surface area contributed by atoms with Gasteiger partial charge in [0.1, 0.15) is 0 Å². The fourth-order valence-electron chi connectivity index (χ4n) is 0.973. The fourth-order valence-corrected chi connectivity index (χ4v) is 0.973. The summed E-state index contributed by atoms with van der Waals surface area (Å²) >= 11 is 0. The molecule has 13 heavy (non-hydrogen) atoms. The Morgan fingerprint density at radius 2 is 1.62 bits per heavy atom. The topological polar surface area (TPSA) is 18.5 Å². The monoisotopic (exact) mass is 188 g/mol. The Morgan fingerprint density at radius 3 is 2.23 bits per heavy atom. The Bertz CT molecular complexity index is 94.1. The zero-order chi connectivity index (χ0) is 9.94. The maximum absolute atomic E-state index is 5.54. The van der Waals surface area contributed by atoms with Gasteiger partial charge in [0, 0.05) is 13.2 Å². The molecule has 0 bridgehead atoms. The van der Waals surface area contributed by atoms with Crippen LogP contribution in [0.5, 0.6) is 0 Å². The van der Waals surface area contributed by atoms with E-state index in [1.165, 1.54) is 12.8 Å². The SMILES string of the molecule is CCCCOCC(C)OCCCC. The minimum Gasteiger partial charge on any atom is -0.379 e. The summed E-state index contributed by atoms with van der Waals surface area (Å²) in [5, 5.41) is 0. The minimum absolute atomic E-state index is 0.253. The third-order valence-corrected chi connectivity index (χ3v) is 1.90. The highest BCUT2D eigenvalue weighted by Crippen LogP contribution is 1.97. The highest BCUT2D eigenvalue weighted by Gasteiger charge is 2.00. The van der Waals surface area contributed by atoms with Gasteiger partial charge in [-0.1, -0.05) is 26.7 Å². The Balaban J connectivity index is 3.05. The van der Waals surface area contributed by atoms with Crippen molar-refractivity contribution in [3.05, 3.63) is 0 Å². The summed E-state index contributed by atoms with van der Waals surface area (Å²) in [5.41, 5.74) is 0. The first kappa shape index (κ1) is 12.9. The first-order valence-corrected chi connectivity index (χ1v) is 5.50. The van der Waals surface area contributed by atoms with E-state index in [2.05, 4.69) is 20.8 Å². The van der Waals surface area contributed by atoms with E-state index in [0.717, 1.165) is 32.7 Å². The maximum atomic E-state index is 5.54. The van der Waals surface area contributed by atoms with Gasteiger partial charge in [0.2, 0.25) is 0 Å². The van der Waals surface area contributed by atoms with Crippen molar-refractivity contribution in [3.8, 4) is 0 Å². The molecule has 0 N–H and O–H groups in total. The quantitative estimate of drug-likeness (QED) is 0.518. The van der Waals surface area contributed by atoms with E-state index in [1.807, 2.05) is 0 Å². The van der Waals surface area contributed by atoms with Crippen molar-refractivity contribution in [2.45, 2.75) is 52.6 Å². The van der Waals surface area contributed by atoms with Crippen molar-refractivity contribution in [3.63, 3.8) is 0 Å². The molecule has 0 amide bonds. The van der Waals surface area contributed by atoms with E-state index < -0.39 is 0 Å². The molecule has 0 aliphatic rings. The zero-order valence-corrected chi connectivity index (χ0v) is 9.34. The smallest absolute Gasteiger partial charge is 0.0780 e. The summed E-state index contributed by atoms with van der Waals surface area (Å²) in [6, 6.07) is 0. The van der Waals surface area contributed by atoms with Crippen molar-refractivity contribution < 1.29 is 9.47 Å². The highest BCUT2D eigenvalue weighted by atomic mass is 16.5. The lowest BCUT2D eigenvalue weighted by atomic mass is 10.3. The van der Waals surface area contributed by atoms with Crippen LogP contribution in [0.4, 0.5) is 0 Å². The molecule has 1 unspecified atom stereocenters. The molecule has 0 saturated heterocycles. The maximum Gasteiger partial charge on any atom is 0.0780 e. The van der Waals surface area contributed by atoms with Gasteiger partial charge in [0.15, 0.2) is 0 Å². The Morgan fingerprint density at radius 1 is 1.00 bits per heavy atom. The molecule has 0 aromatic carbocycles. The zero-order valence-electron chi connectivity index (χ0n) is 9.34. The van der Waals surface area contributed by atoms with Crippen LogP contribution >= 0.6 is 0 Å². The van der Waals surface area contributed by atoms with Gasteiger partial charge in [-0.05, 0) is 19.8 Å². The summed E-state index contributed by atoms with van der Waals surface area (Å²) in [4.78, 5) is 0. The third-order valence-electron chi connectivity index (χ3n) is 1.90. The fraction of sp³-hybridized carbons (Fsp3) is 1.00. The van der Waals surface area contributed by atoms with E-state index in [4.69, 9.17) is 9.47 Å². The average molecular weight is 188 g/mol. The van der Waals surface area contributed by atoms with Gasteiger partial charge in [-0.15, -0.1) is 0 Å². The van der Waals surface area contributed by atoms with Gasteiger partial charge < -0.3 is 9.47 Å². The van der Waals surface area contributed by atoms with Crippen LogP contribution in [0.1, 0.15) is 46.5 Å². The number of hydrogen-bond donors (Lipinski definition) is 0. The number of ether oxygens (including phenoxy) is 2. The van der Waals surface area contributed by atoms with Gasteiger partial charge in [0.05, 0.1) is 12.7 Å². The first-order valence-electron chi connectivity index (χ1n) is 5.50. The predicted octanol–water partition coefficient (Wildman–Crippen LogP) is 3.01. The van der Waals surface area contributed by atoms with Crippen LogP contribution in [0.25, 0.3) is 0 Å². The molecular weight excluding hydrogens is 164 g/mol. The summed E-state index contributed by atoms with van der Waals surface area (Å²) < 4.78 is 11.0. The number of rotatable bonds is 9. The Labute approximate surface area is 82.6 Å². The molecule has 0 radical (unpaired) electrons. The molecule has 0 spiro atoms. The van der Waals surface area contributed by atoms with Crippen LogP contribution < -0.4 is 0 Å². The molecule has 0 aliphatic carbocycles. The molecule has 0 fully saturated rings. The van der Waals surface area contributed by atoms with E-state index in [0.29, 0.717) is 0 Å². The second kappa shape index (κ2) is 10.0. The van der Waals surface area contributed by atoms with Gasteiger partial charge >= 0.3 is 0 Å². The molecular formula is C11H24O2. The van der Waals surface area contributed by atoms with Gasteiger partial charge in [-0.3, -0.25) is 0 Å². The van der Waals surface area contributed by atoms with Crippen LogP contribution in [0.15, 0.2) is 0 Å². The molecule has 80 valence electrons. The van der Waals surface area contributed by atoms with Gasteiger partial charge in [-0.25, -0.2) is 0 Å². The van der Waals surface area contributed by atoms with E-state index in [-0.39, 0.29) is 6.10 Å². The summed E-state index contributed by atoms with van der Waals surface area (Å²) in [6.07, 6.45) is 4.96. The van der Waals surface area contributed by atoms with E-state index in [9.17, 15) is 0 Å². The third kappa shape index (κ3) is 9.84. The van der Waals surface area contributed by atoms with Crippen molar-refractivity contribution in [1.29, 1.82) is 0 Å². The molecule has 0 heterocycles. The van der Waals surface area contributed by atoms with Crippen molar-refractivity contribution in [1.82, 2.24) is 0 Å². The van der Waals surface area contributed by atoms with Gasteiger partial charge in [0.25, 0.3) is 0 Å². The molecule has 2 heteroatoms. The number of hydrogen-bond acceptors (Lipinski definition) is 2. The predicted molar refractivity (Wildman–Crippen MR) is 56.0 cm³/mol. The largest absolute Gasteiger partial charge is 0.379 e. The molecule has 0 rings (SSSR count). The molecule has 0 saturated carbocycles. The van der Waals surface area contributed by atoms with Crippen LogP contribution in [-0.4, -0.2) is 25.9 Å².